The maximum Gasteiger partial charge on any atom is 0.276 e. The number of rotatable bonds is 2. The fourth-order valence-electron chi connectivity index (χ4n) is 1.55. The van der Waals surface area contributed by atoms with Crippen molar-refractivity contribution in [1.29, 1.82) is 0 Å². The van der Waals surface area contributed by atoms with Gasteiger partial charge in [0.15, 0.2) is 5.65 Å². The second kappa shape index (κ2) is 3.80. The smallest absolute Gasteiger partial charge is 0.276 e. The summed E-state index contributed by atoms with van der Waals surface area (Å²) < 4.78 is 1.35. The molecule has 0 aliphatic heterocycles. The third-order valence-electron chi connectivity index (χ3n) is 2.41. The minimum atomic E-state index is -0.179. The van der Waals surface area contributed by atoms with Gasteiger partial charge in [-0.25, -0.2) is 9.50 Å². The highest BCUT2D eigenvalue weighted by atomic mass is 16.1. The number of aromatic nitrogens is 3. The molecule has 0 aliphatic carbocycles. The van der Waals surface area contributed by atoms with E-state index >= 15 is 0 Å². The molecular weight excluding hydrogens is 208 g/mol. The first kappa shape index (κ1) is 10.4. The summed E-state index contributed by atoms with van der Waals surface area (Å²) in [5.41, 5.74) is 1.79. The Balaban J connectivity index is 2.51. The average Bonchev–Trinajstić information content (AvgIpc) is 2.64. The van der Waals surface area contributed by atoms with E-state index in [1.807, 2.05) is 6.92 Å². The maximum absolute atomic E-state index is 12.0. The molecule has 2 aromatic heterocycles. The molecule has 6 heteroatoms. The molecule has 0 bridgehead atoms. The van der Waals surface area contributed by atoms with Gasteiger partial charge < -0.3 is 5.32 Å². The van der Waals surface area contributed by atoms with Crippen molar-refractivity contribution in [3.8, 4) is 0 Å². The van der Waals surface area contributed by atoms with Crippen LogP contribution in [0.15, 0.2) is 17.2 Å². The molecule has 0 aliphatic rings. The second-order valence-corrected chi connectivity index (χ2v) is 3.60. The minimum Gasteiger partial charge on any atom is -0.352 e. The van der Waals surface area contributed by atoms with Crippen LogP contribution in [0.25, 0.3) is 5.65 Å². The number of pyridine rings is 1. The molecule has 2 rings (SSSR count). The van der Waals surface area contributed by atoms with Gasteiger partial charge in [-0.05, 0) is 18.6 Å². The van der Waals surface area contributed by atoms with Crippen LogP contribution in [-0.4, -0.2) is 20.5 Å². The van der Waals surface area contributed by atoms with Gasteiger partial charge in [-0.15, -0.1) is 0 Å². The molecule has 0 atom stereocenters. The predicted molar refractivity (Wildman–Crippen MR) is 58.1 cm³/mol. The summed E-state index contributed by atoms with van der Waals surface area (Å²) in [5.74, 6) is -0.159. The number of aromatic amines is 1. The third kappa shape index (κ3) is 1.69. The Morgan fingerprint density at radius 1 is 1.62 bits per heavy atom. The SMILES string of the molecule is CC(=O)NCc1c(C)cc2nc[nH]n2c1=O. The summed E-state index contributed by atoms with van der Waals surface area (Å²) in [7, 11) is 0. The zero-order chi connectivity index (χ0) is 11.7. The Morgan fingerprint density at radius 2 is 2.38 bits per heavy atom. The van der Waals surface area contributed by atoms with E-state index in [0.717, 1.165) is 5.56 Å². The summed E-state index contributed by atoms with van der Waals surface area (Å²) in [6.07, 6.45) is 1.46. The van der Waals surface area contributed by atoms with Crippen molar-refractivity contribution >= 4 is 11.6 Å². The first-order chi connectivity index (χ1) is 7.59. The normalized spacial score (nSPS) is 10.6. The van der Waals surface area contributed by atoms with Crippen LogP contribution in [0.5, 0.6) is 0 Å². The fraction of sp³-hybridized carbons (Fsp3) is 0.300. The van der Waals surface area contributed by atoms with E-state index in [1.165, 1.54) is 17.8 Å². The highest BCUT2D eigenvalue weighted by molar-refractivity contribution is 5.72. The summed E-state index contributed by atoms with van der Waals surface area (Å²) in [6.45, 7) is 3.48. The van der Waals surface area contributed by atoms with Gasteiger partial charge in [0.1, 0.15) is 6.33 Å². The molecule has 0 saturated heterocycles. The molecule has 1 amide bonds. The number of H-pyrrole nitrogens is 1. The number of hydrogen-bond donors (Lipinski definition) is 2. The van der Waals surface area contributed by atoms with Crippen molar-refractivity contribution in [1.82, 2.24) is 19.9 Å². The molecule has 0 spiro atoms. The monoisotopic (exact) mass is 220 g/mol. The molecule has 0 unspecified atom stereocenters. The zero-order valence-electron chi connectivity index (χ0n) is 9.07. The lowest BCUT2D eigenvalue weighted by atomic mass is 10.1. The Bertz CT molecular complexity index is 596. The Labute approximate surface area is 91.3 Å². The largest absolute Gasteiger partial charge is 0.352 e. The van der Waals surface area contributed by atoms with E-state index in [1.54, 1.807) is 6.07 Å². The van der Waals surface area contributed by atoms with Gasteiger partial charge in [-0.3, -0.25) is 14.7 Å². The Hall–Kier alpha value is -2.11. The van der Waals surface area contributed by atoms with Crippen LogP contribution in [0.1, 0.15) is 18.1 Å². The molecule has 0 radical (unpaired) electrons. The van der Waals surface area contributed by atoms with Crippen molar-refractivity contribution in [2.24, 2.45) is 0 Å². The number of hydrogen-bond acceptors (Lipinski definition) is 3. The van der Waals surface area contributed by atoms with E-state index in [-0.39, 0.29) is 18.0 Å². The third-order valence-corrected chi connectivity index (χ3v) is 2.41. The summed E-state index contributed by atoms with van der Waals surface area (Å²) >= 11 is 0. The molecule has 84 valence electrons. The molecule has 0 saturated carbocycles. The van der Waals surface area contributed by atoms with Crippen molar-refractivity contribution in [2.75, 3.05) is 0 Å². The summed E-state index contributed by atoms with van der Waals surface area (Å²) in [5, 5.41) is 5.34. The summed E-state index contributed by atoms with van der Waals surface area (Å²) in [6, 6.07) is 1.80. The van der Waals surface area contributed by atoms with Crippen LogP contribution in [0.4, 0.5) is 0 Å². The summed E-state index contributed by atoms with van der Waals surface area (Å²) in [4.78, 5) is 26.8. The lowest BCUT2D eigenvalue weighted by Gasteiger charge is -2.05. The van der Waals surface area contributed by atoms with E-state index < -0.39 is 0 Å². The first-order valence-electron chi connectivity index (χ1n) is 4.88. The van der Waals surface area contributed by atoms with Crippen LogP contribution < -0.4 is 10.9 Å². The van der Waals surface area contributed by atoms with Gasteiger partial charge in [0.05, 0.1) is 0 Å². The van der Waals surface area contributed by atoms with Crippen molar-refractivity contribution in [3.05, 3.63) is 33.9 Å². The van der Waals surface area contributed by atoms with E-state index in [9.17, 15) is 9.59 Å². The standard InChI is InChI=1S/C10H12N4O2/c1-6-3-9-12-5-13-14(9)10(16)8(6)4-11-7(2)15/h3,5H,4H2,1-2H3,(H,11,15)(H,12,13). The number of fused-ring (bicyclic) bond motifs is 1. The topological polar surface area (TPSA) is 79.3 Å². The van der Waals surface area contributed by atoms with Gasteiger partial charge in [0.2, 0.25) is 5.91 Å². The van der Waals surface area contributed by atoms with Gasteiger partial charge in [0.25, 0.3) is 5.56 Å². The number of aryl methyl sites for hydroxylation is 1. The van der Waals surface area contributed by atoms with E-state index in [0.29, 0.717) is 11.2 Å². The predicted octanol–water partition coefficient (Wildman–Crippen LogP) is -0.0329. The number of amides is 1. The van der Waals surface area contributed by atoms with E-state index in [2.05, 4.69) is 15.4 Å². The number of nitrogens with one attached hydrogen (secondary N) is 2. The highest BCUT2D eigenvalue weighted by Gasteiger charge is 2.09. The van der Waals surface area contributed by atoms with Crippen molar-refractivity contribution in [3.63, 3.8) is 0 Å². The van der Waals surface area contributed by atoms with Gasteiger partial charge in [-0.1, -0.05) is 0 Å². The van der Waals surface area contributed by atoms with Gasteiger partial charge >= 0.3 is 0 Å². The number of nitrogens with zero attached hydrogens (tertiary/aromatic N) is 2. The molecule has 0 aromatic carbocycles. The van der Waals surface area contributed by atoms with Crippen molar-refractivity contribution < 1.29 is 4.79 Å². The van der Waals surface area contributed by atoms with Crippen LogP contribution in [0.3, 0.4) is 0 Å². The first-order valence-corrected chi connectivity index (χ1v) is 4.88. The van der Waals surface area contributed by atoms with Gasteiger partial charge in [-0.2, -0.15) is 0 Å². The highest BCUT2D eigenvalue weighted by Crippen LogP contribution is 2.05. The molecule has 2 aromatic rings. The van der Waals surface area contributed by atoms with Crippen LogP contribution >= 0.6 is 0 Å². The molecule has 2 heterocycles. The molecule has 2 N–H and O–H groups in total. The fourth-order valence-corrected chi connectivity index (χ4v) is 1.55. The lowest BCUT2D eigenvalue weighted by Crippen LogP contribution is -2.27. The quantitative estimate of drug-likeness (QED) is 0.745. The van der Waals surface area contributed by atoms with Crippen molar-refractivity contribution in [2.45, 2.75) is 20.4 Å². The molecule has 6 nitrogen and oxygen atoms in total. The molecular formula is C10H12N4O2. The van der Waals surface area contributed by atoms with Gasteiger partial charge in [0, 0.05) is 19.0 Å². The van der Waals surface area contributed by atoms with Crippen LogP contribution in [0.2, 0.25) is 0 Å². The Morgan fingerprint density at radius 3 is 3.06 bits per heavy atom. The van der Waals surface area contributed by atoms with E-state index in [4.69, 9.17) is 0 Å². The lowest BCUT2D eigenvalue weighted by molar-refractivity contribution is -0.119. The average molecular weight is 220 g/mol. The molecule has 0 fully saturated rings. The van der Waals surface area contributed by atoms with Crippen LogP contribution in [0, 0.1) is 6.92 Å². The zero-order valence-corrected chi connectivity index (χ0v) is 9.07. The van der Waals surface area contributed by atoms with Crippen LogP contribution in [-0.2, 0) is 11.3 Å². The number of carbonyl (C=O) groups is 1. The Kier molecular flexibility index (Phi) is 2.47. The number of carbonyl (C=O) groups excluding carboxylic acids is 1. The molecule has 16 heavy (non-hydrogen) atoms. The second-order valence-electron chi connectivity index (χ2n) is 3.60. The minimum absolute atomic E-state index is 0.159. The maximum atomic E-state index is 12.0.